The molecule has 1 saturated heterocycles. The molecule has 0 radical (unpaired) electrons. The van der Waals surface area contributed by atoms with Gasteiger partial charge in [-0.25, -0.2) is 4.39 Å². The number of halogens is 1. The van der Waals surface area contributed by atoms with E-state index >= 15 is 4.39 Å². The van der Waals surface area contributed by atoms with Gasteiger partial charge in [-0.05, 0) is 75.4 Å². The van der Waals surface area contributed by atoms with Crippen LogP contribution in [0.3, 0.4) is 0 Å². The fourth-order valence-corrected chi connectivity index (χ4v) is 5.14. The molecule has 4 rings (SSSR count). The van der Waals surface area contributed by atoms with E-state index in [2.05, 4.69) is 75.6 Å². The molecular weight excluding hydrogens is 383 g/mol. The molecule has 0 N–H and O–H groups in total. The molecule has 31 heavy (non-hydrogen) atoms. The maximum atomic E-state index is 16.0. The minimum Gasteiger partial charge on any atom is -0.323 e. The van der Waals surface area contributed by atoms with Crippen molar-refractivity contribution in [3.05, 3.63) is 105 Å². The van der Waals surface area contributed by atoms with E-state index in [1.54, 1.807) is 6.08 Å². The summed E-state index contributed by atoms with van der Waals surface area (Å²) in [5.41, 5.74) is 10.3. The van der Waals surface area contributed by atoms with Crippen molar-refractivity contribution in [2.24, 2.45) is 0 Å². The molecule has 2 aromatic rings. The van der Waals surface area contributed by atoms with Crippen LogP contribution in [0.5, 0.6) is 0 Å². The Morgan fingerprint density at radius 2 is 1.10 bits per heavy atom. The van der Waals surface area contributed by atoms with Crippen molar-refractivity contribution in [3.8, 4) is 0 Å². The first-order chi connectivity index (χ1) is 14.8. The summed E-state index contributed by atoms with van der Waals surface area (Å²) in [6, 6.07) is 8.74. The molecule has 0 atom stereocenters. The molecule has 1 fully saturated rings. The number of nitrogens with zero attached hydrogens (tertiary/aromatic N) is 2. The van der Waals surface area contributed by atoms with Crippen LogP contribution in [0.4, 0.5) is 15.8 Å². The standard InChI is InChI=1S/C28H31FN2/c1-18-13-20(3)26(21(4)14-18)30-11-12-31(27-22(5)15-19(2)16-23(27)6)28(30)25(29)17-24-9-7-8-10-24/h7-10,13-17H,11-12H2,1-6H3. The molecule has 1 aliphatic carbocycles. The number of allylic oxidation sites excluding steroid dienone is 7. The number of anilines is 2. The van der Waals surface area contributed by atoms with Gasteiger partial charge in [0.2, 0.25) is 0 Å². The maximum absolute atomic E-state index is 16.0. The van der Waals surface area contributed by atoms with Crippen LogP contribution in [0, 0.1) is 41.5 Å². The quantitative estimate of drug-likeness (QED) is 0.531. The second-order valence-electron chi connectivity index (χ2n) is 8.83. The van der Waals surface area contributed by atoms with E-state index in [1.807, 2.05) is 24.3 Å². The second-order valence-corrected chi connectivity index (χ2v) is 8.83. The summed E-state index contributed by atoms with van der Waals surface area (Å²) in [4.78, 5) is 4.33. The normalized spacial score (nSPS) is 15.5. The highest BCUT2D eigenvalue weighted by Crippen LogP contribution is 2.40. The molecule has 2 aliphatic rings. The second kappa shape index (κ2) is 8.22. The molecule has 0 bridgehead atoms. The third-order valence-electron chi connectivity index (χ3n) is 6.06. The molecule has 2 nitrogen and oxygen atoms in total. The molecule has 3 heteroatoms. The van der Waals surface area contributed by atoms with Gasteiger partial charge in [0.1, 0.15) is 5.82 Å². The molecule has 1 aliphatic heterocycles. The molecule has 1 heterocycles. The van der Waals surface area contributed by atoms with Crippen LogP contribution in [-0.2, 0) is 0 Å². The van der Waals surface area contributed by atoms with Crippen LogP contribution < -0.4 is 9.80 Å². The lowest BCUT2D eigenvalue weighted by molar-refractivity contribution is 0.646. The third-order valence-corrected chi connectivity index (χ3v) is 6.06. The zero-order valence-corrected chi connectivity index (χ0v) is 19.4. The Morgan fingerprint density at radius 3 is 1.48 bits per heavy atom. The lowest BCUT2D eigenvalue weighted by Crippen LogP contribution is -2.26. The van der Waals surface area contributed by atoms with Crippen molar-refractivity contribution >= 4 is 11.4 Å². The van der Waals surface area contributed by atoms with Crippen molar-refractivity contribution in [2.75, 3.05) is 22.9 Å². The highest BCUT2D eigenvalue weighted by atomic mass is 19.1. The predicted octanol–water partition coefficient (Wildman–Crippen LogP) is 7.05. The zero-order chi connectivity index (χ0) is 22.3. The average molecular weight is 415 g/mol. The van der Waals surface area contributed by atoms with Crippen LogP contribution in [0.25, 0.3) is 0 Å². The Hall–Kier alpha value is -3.07. The van der Waals surface area contributed by atoms with Crippen molar-refractivity contribution in [2.45, 2.75) is 41.5 Å². The van der Waals surface area contributed by atoms with Gasteiger partial charge >= 0.3 is 0 Å². The number of benzene rings is 2. The van der Waals surface area contributed by atoms with Crippen LogP contribution in [0.1, 0.15) is 33.4 Å². The summed E-state index contributed by atoms with van der Waals surface area (Å²) >= 11 is 0. The van der Waals surface area contributed by atoms with Gasteiger partial charge in [-0.1, -0.05) is 59.7 Å². The van der Waals surface area contributed by atoms with Crippen LogP contribution in [-0.4, -0.2) is 13.1 Å². The van der Waals surface area contributed by atoms with Crippen molar-refractivity contribution < 1.29 is 4.39 Å². The summed E-state index contributed by atoms with van der Waals surface area (Å²) in [7, 11) is 0. The number of hydrogen-bond donors (Lipinski definition) is 0. The van der Waals surface area contributed by atoms with Crippen LogP contribution in [0.15, 0.2) is 71.9 Å². The van der Waals surface area contributed by atoms with Gasteiger partial charge in [0.25, 0.3) is 0 Å². The van der Waals surface area contributed by atoms with Gasteiger partial charge in [-0.15, -0.1) is 0 Å². The minimum atomic E-state index is -0.206. The topological polar surface area (TPSA) is 6.48 Å². The molecule has 0 amide bonds. The highest BCUT2D eigenvalue weighted by Gasteiger charge is 2.33. The Labute approximate surface area is 185 Å². The molecule has 0 spiro atoms. The summed E-state index contributed by atoms with van der Waals surface area (Å²) in [6.07, 6.45) is 9.41. The van der Waals surface area contributed by atoms with Crippen molar-refractivity contribution in [3.63, 3.8) is 0 Å². The van der Waals surface area contributed by atoms with Crippen LogP contribution >= 0.6 is 0 Å². The number of hydrogen-bond acceptors (Lipinski definition) is 2. The highest BCUT2D eigenvalue weighted by molar-refractivity contribution is 5.73. The third kappa shape index (κ3) is 3.97. The first kappa shape index (κ1) is 21.2. The summed E-state index contributed by atoms with van der Waals surface area (Å²) in [5.74, 6) is 0.425. The van der Waals surface area contributed by atoms with E-state index in [9.17, 15) is 0 Å². The first-order valence-electron chi connectivity index (χ1n) is 10.9. The van der Waals surface area contributed by atoms with E-state index in [4.69, 9.17) is 0 Å². The van der Waals surface area contributed by atoms with Crippen molar-refractivity contribution in [1.29, 1.82) is 0 Å². The van der Waals surface area contributed by atoms with Gasteiger partial charge in [0.15, 0.2) is 5.83 Å². The molecule has 2 aromatic carbocycles. The summed E-state index contributed by atoms with van der Waals surface area (Å²) in [6.45, 7) is 14.2. The van der Waals surface area contributed by atoms with E-state index < -0.39 is 0 Å². The molecule has 0 aromatic heterocycles. The monoisotopic (exact) mass is 414 g/mol. The lowest BCUT2D eigenvalue weighted by atomic mass is 10.0. The molecular formula is C28H31FN2. The smallest absolute Gasteiger partial charge is 0.164 e. The average Bonchev–Trinajstić information content (AvgIpc) is 3.30. The van der Waals surface area contributed by atoms with Gasteiger partial charge in [0, 0.05) is 24.5 Å². The number of aryl methyl sites for hydroxylation is 6. The fraction of sp³-hybridized carbons (Fsp3) is 0.286. The van der Waals surface area contributed by atoms with Gasteiger partial charge in [-0.2, -0.15) is 0 Å². The first-order valence-corrected chi connectivity index (χ1v) is 10.9. The van der Waals surface area contributed by atoms with Gasteiger partial charge in [0.05, 0.1) is 0 Å². The predicted molar refractivity (Wildman–Crippen MR) is 130 cm³/mol. The molecule has 160 valence electrons. The van der Waals surface area contributed by atoms with E-state index in [-0.39, 0.29) is 5.83 Å². The Bertz CT molecular complexity index is 1040. The largest absolute Gasteiger partial charge is 0.323 e. The number of rotatable bonds is 3. The van der Waals surface area contributed by atoms with E-state index in [0.717, 1.165) is 30.0 Å². The molecule has 0 unspecified atom stereocenters. The maximum Gasteiger partial charge on any atom is 0.164 e. The fourth-order valence-electron chi connectivity index (χ4n) is 5.14. The lowest BCUT2D eigenvalue weighted by Gasteiger charge is -2.30. The zero-order valence-electron chi connectivity index (χ0n) is 19.4. The Morgan fingerprint density at radius 1 is 0.710 bits per heavy atom. The van der Waals surface area contributed by atoms with Gasteiger partial charge < -0.3 is 9.80 Å². The Kier molecular flexibility index (Phi) is 5.62. The van der Waals surface area contributed by atoms with E-state index in [0.29, 0.717) is 5.82 Å². The van der Waals surface area contributed by atoms with E-state index in [1.165, 1.54) is 33.4 Å². The van der Waals surface area contributed by atoms with Crippen LogP contribution in [0.2, 0.25) is 0 Å². The van der Waals surface area contributed by atoms with Crippen molar-refractivity contribution in [1.82, 2.24) is 0 Å². The molecule has 0 saturated carbocycles. The summed E-state index contributed by atoms with van der Waals surface area (Å²) < 4.78 is 16.0. The summed E-state index contributed by atoms with van der Waals surface area (Å²) in [5, 5.41) is 0. The Balaban J connectivity index is 1.91. The van der Waals surface area contributed by atoms with Gasteiger partial charge in [-0.3, -0.25) is 0 Å². The SMILES string of the molecule is Cc1cc(C)c(N2CCN(c3c(C)cc(C)cc3C)C2=C(F)C=C2C=CC=C2)c(C)c1. The minimum absolute atomic E-state index is 0.206.